The fourth-order valence-electron chi connectivity index (χ4n) is 1.39. The van der Waals surface area contributed by atoms with Crippen LogP contribution in [-0.2, 0) is 4.79 Å². The van der Waals surface area contributed by atoms with Crippen LogP contribution >= 0.6 is 0 Å². The number of carboxylic acids is 1. The highest BCUT2D eigenvalue weighted by Crippen LogP contribution is 2.02. The molecule has 0 aliphatic heterocycles. The fraction of sp³-hybridized carbons (Fsp3) is 0.353. The molecule has 0 aromatic carbocycles. The number of hydrogen-bond donors (Lipinski definition) is 1. The van der Waals surface area contributed by atoms with Crippen LogP contribution in [0.15, 0.2) is 60.8 Å². The molecule has 0 bridgehead atoms. The highest BCUT2D eigenvalue weighted by Gasteiger charge is 1.82. The molecule has 0 aromatic heterocycles. The third-order valence-electron chi connectivity index (χ3n) is 2.38. The van der Waals surface area contributed by atoms with Gasteiger partial charge in [0.25, 0.3) is 0 Å². The minimum absolute atomic E-state index is 0.933. The average Bonchev–Trinajstić information content (AvgIpc) is 2.39. The molecule has 104 valence electrons. The van der Waals surface area contributed by atoms with E-state index in [4.69, 9.17) is 5.11 Å². The Morgan fingerprint density at radius 2 is 1.42 bits per heavy atom. The van der Waals surface area contributed by atoms with Gasteiger partial charge in [-0.3, -0.25) is 0 Å². The Morgan fingerprint density at radius 1 is 0.842 bits per heavy atom. The first-order chi connectivity index (χ1) is 9.27. The predicted octanol–water partition coefficient (Wildman–Crippen LogP) is 4.82. The van der Waals surface area contributed by atoms with E-state index in [9.17, 15) is 4.79 Å². The van der Waals surface area contributed by atoms with Crippen molar-refractivity contribution in [1.82, 2.24) is 0 Å². The molecule has 0 aliphatic carbocycles. The fourth-order valence-corrected chi connectivity index (χ4v) is 1.39. The van der Waals surface area contributed by atoms with E-state index >= 15 is 0 Å². The number of hydrogen-bond acceptors (Lipinski definition) is 1. The van der Waals surface area contributed by atoms with E-state index in [1.807, 2.05) is 24.3 Å². The van der Waals surface area contributed by atoms with Crippen LogP contribution in [0.25, 0.3) is 0 Å². The van der Waals surface area contributed by atoms with Gasteiger partial charge in [0.15, 0.2) is 0 Å². The Hall–Kier alpha value is -1.83. The van der Waals surface area contributed by atoms with Gasteiger partial charge in [-0.05, 0) is 12.8 Å². The van der Waals surface area contributed by atoms with E-state index in [0.717, 1.165) is 12.5 Å². The summed E-state index contributed by atoms with van der Waals surface area (Å²) in [5.74, 6) is -0.933. The molecule has 0 spiro atoms. The van der Waals surface area contributed by atoms with Gasteiger partial charge in [-0.15, -0.1) is 0 Å². The molecule has 0 atom stereocenters. The van der Waals surface area contributed by atoms with Crippen LogP contribution in [0.3, 0.4) is 0 Å². The zero-order chi connectivity index (χ0) is 14.2. The summed E-state index contributed by atoms with van der Waals surface area (Å²) < 4.78 is 0. The van der Waals surface area contributed by atoms with Crippen LogP contribution in [-0.4, -0.2) is 11.1 Å². The Labute approximate surface area is 116 Å². The van der Waals surface area contributed by atoms with E-state index in [-0.39, 0.29) is 0 Å². The lowest BCUT2D eigenvalue weighted by atomic mass is 10.1. The molecule has 2 heteroatoms. The molecule has 0 fully saturated rings. The summed E-state index contributed by atoms with van der Waals surface area (Å²) in [5.41, 5.74) is 0. The lowest BCUT2D eigenvalue weighted by molar-refractivity contribution is -0.131. The lowest BCUT2D eigenvalue weighted by Gasteiger charge is -1.92. The van der Waals surface area contributed by atoms with Gasteiger partial charge in [0.2, 0.25) is 0 Å². The smallest absolute Gasteiger partial charge is 0.328 e. The zero-order valence-electron chi connectivity index (χ0n) is 11.7. The number of allylic oxidation sites excluding steroid dienone is 9. The number of unbranched alkanes of at least 4 members (excludes halogenated alkanes) is 4. The van der Waals surface area contributed by atoms with E-state index in [0.29, 0.717) is 0 Å². The van der Waals surface area contributed by atoms with Gasteiger partial charge >= 0.3 is 5.97 Å². The summed E-state index contributed by atoms with van der Waals surface area (Å²) in [4.78, 5) is 10.2. The van der Waals surface area contributed by atoms with Crippen molar-refractivity contribution in [2.24, 2.45) is 0 Å². The van der Waals surface area contributed by atoms with Gasteiger partial charge in [0.1, 0.15) is 0 Å². The average molecular weight is 260 g/mol. The van der Waals surface area contributed by atoms with Gasteiger partial charge < -0.3 is 5.11 Å². The van der Waals surface area contributed by atoms with Crippen LogP contribution in [0.5, 0.6) is 0 Å². The second-order valence-electron chi connectivity index (χ2n) is 4.13. The molecule has 2 nitrogen and oxygen atoms in total. The van der Waals surface area contributed by atoms with Gasteiger partial charge in [-0.25, -0.2) is 4.79 Å². The molecule has 0 saturated heterocycles. The summed E-state index contributed by atoms with van der Waals surface area (Å²) in [5, 5.41) is 8.35. The Balaban J connectivity index is 3.61. The first-order valence-corrected chi connectivity index (χ1v) is 6.83. The normalized spacial score (nSPS) is 12.9. The summed E-state index contributed by atoms with van der Waals surface area (Å²) in [6, 6.07) is 0. The van der Waals surface area contributed by atoms with Crippen LogP contribution in [0.2, 0.25) is 0 Å². The van der Waals surface area contributed by atoms with E-state index in [1.165, 1.54) is 31.8 Å². The highest BCUT2D eigenvalue weighted by molar-refractivity contribution is 5.80. The van der Waals surface area contributed by atoms with E-state index in [2.05, 4.69) is 19.1 Å². The summed E-state index contributed by atoms with van der Waals surface area (Å²) >= 11 is 0. The van der Waals surface area contributed by atoms with Crippen molar-refractivity contribution in [1.29, 1.82) is 0 Å². The van der Waals surface area contributed by atoms with Gasteiger partial charge in [0.05, 0.1) is 0 Å². The molecule has 0 aromatic rings. The van der Waals surface area contributed by atoms with Gasteiger partial charge in [0, 0.05) is 6.08 Å². The predicted molar refractivity (Wildman–Crippen MR) is 82.1 cm³/mol. The molecular weight excluding hydrogens is 236 g/mol. The first kappa shape index (κ1) is 17.2. The second kappa shape index (κ2) is 14.2. The molecule has 0 heterocycles. The summed E-state index contributed by atoms with van der Waals surface area (Å²) in [6.07, 6.45) is 24.4. The van der Waals surface area contributed by atoms with Crippen molar-refractivity contribution in [3.05, 3.63) is 60.8 Å². The Morgan fingerprint density at radius 3 is 2.00 bits per heavy atom. The van der Waals surface area contributed by atoms with Crippen LogP contribution in [0.4, 0.5) is 0 Å². The molecular formula is C17H24O2. The zero-order valence-corrected chi connectivity index (χ0v) is 11.7. The van der Waals surface area contributed by atoms with Crippen molar-refractivity contribution >= 4 is 5.97 Å². The van der Waals surface area contributed by atoms with Crippen LogP contribution in [0, 0.1) is 0 Å². The van der Waals surface area contributed by atoms with Crippen LogP contribution in [0.1, 0.15) is 39.0 Å². The monoisotopic (exact) mass is 260 g/mol. The third-order valence-corrected chi connectivity index (χ3v) is 2.38. The topological polar surface area (TPSA) is 37.3 Å². The number of aliphatic carboxylic acids is 1. The maximum Gasteiger partial charge on any atom is 0.328 e. The molecule has 0 amide bonds. The molecule has 1 N–H and O–H groups in total. The maximum absolute atomic E-state index is 10.2. The van der Waals surface area contributed by atoms with Gasteiger partial charge in [-0.1, -0.05) is 80.9 Å². The molecule has 0 rings (SSSR count). The first-order valence-electron chi connectivity index (χ1n) is 6.83. The van der Waals surface area contributed by atoms with Crippen molar-refractivity contribution in [3.8, 4) is 0 Å². The van der Waals surface area contributed by atoms with Crippen molar-refractivity contribution in [3.63, 3.8) is 0 Å². The molecule has 19 heavy (non-hydrogen) atoms. The number of rotatable bonds is 10. The standard InChI is InChI=1S/C17H24O2/c1-2-3-4-5-6-7-8-9-10-11-12-13-14-15-16-17(18)19/h7-16H,2-6H2,1H3,(H,18,19). The Kier molecular flexibility index (Phi) is 12.9. The maximum atomic E-state index is 10.2. The largest absolute Gasteiger partial charge is 0.478 e. The molecule has 0 aliphatic rings. The Bertz CT molecular complexity index is 357. The number of carboxylic acid groups (broad SMARTS) is 1. The van der Waals surface area contributed by atoms with Gasteiger partial charge in [-0.2, -0.15) is 0 Å². The second-order valence-corrected chi connectivity index (χ2v) is 4.13. The third kappa shape index (κ3) is 16.2. The number of carbonyl (C=O) groups is 1. The SMILES string of the molecule is CCCCCCC=CC=CC=CC=CC=CC(=O)O. The summed E-state index contributed by atoms with van der Waals surface area (Å²) in [6.45, 7) is 2.22. The lowest BCUT2D eigenvalue weighted by Crippen LogP contribution is -1.84. The quantitative estimate of drug-likeness (QED) is 0.347. The van der Waals surface area contributed by atoms with Crippen molar-refractivity contribution < 1.29 is 9.90 Å². The molecule has 0 radical (unpaired) electrons. The van der Waals surface area contributed by atoms with Crippen LogP contribution < -0.4 is 0 Å². The van der Waals surface area contributed by atoms with E-state index in [1.54, 1.807) is 12.2 Å². The molecule has 0 saturated carbocycles. The van der Waals surface area contributed by atoms with Crippen molar-refractivity contribution in [2.75, 3.05) is 0 Å². The minimum atomic E-state index is -0.933. The minimum Gasteiger partial charge on any atom is -0.478 e. The molecule has 0 unspecified atom stereocenters. The van der Waals surface area contributed by atoms with E-state index < -0.39 is 5.97 Å². The summed E-state index contributed by atoms with van der Waals surface area (Å²) in [7, 11) is 0. The highest BCUT2D eigenvalue weighted by atomic mass is 16.4. The van der Waals surface area contributed by atoms with Crippen molar-refractivity contribution in [2.45, 2.75) is 39.0 Å².